The van der Waals surface area contributed by atoms with Crippen molar-refractivity contribution in [2.24, 2.45) is 0 Å². The Balaban J connectivity index is 1.68. The Kier molecular flexibility index (Phi) is 4.18. The number of phenols is 2. The molecule has 0 amide bonds. The first kappa shape index (κ1) is 16.4. The van der Waals surface area contributed by atoms with Gasteiger partial charge in [0.05, 0.1) is 22.5 Å². The number of aromatic nitrogens is 2. The number of ether oxygens (including phenoxy) is 2. The number of nitrogens with one attached hydrogen (secondary N) is 1. The number of halogens is 1. The molecule has 0 spiro atoms. The zero-order valence-corrected chi connectivity index (χ0v) is 14.3. The molecular formula is C19H15ClN2O4. The number of H-pyrrole nitrogens is 1. The van der Waals surface area contributed by atoms with Crippen molar-refractivity contribution in [3.05, 3.63) is 71.0 Å². The standard InChI is InChI=1S/C19H15ClN2O4/c20-14-6-12(15(23)7-16(14)24)19-13(8-21-22-19)18-10-25-9-17(26-18)11-4-2-1-3-5-11/h1-2,4,6-10,23-24H,3,5H2,(H,21,22). The molecule has 0 radical (unpaired) electrons. The summed E-state index contributed by atoms with van der Waals surface area (Å²) in [6.45, 7) is 0. The van der Waals surface area contributed by atoms with Crippen LogP contribution in [0.1, 0.15) is 18.4 Å². The molecule has 0 saturated carbocycles. The number of hydrogen-bond acceptors (Lipinski definition) is 5. The molecule has 4 rings (SSSR count). The molecule has 1 aromatic heterocycles. The second-order valence-electron chi connectivity index (χ2n) is 5.84. The van der Waals surface area contributed by atoms with Gasteiger partial charge in [-0.2, -0.15) is 5.10 Å². The van der Waals surface area contributed by atoms with Gasteiger partial charge in [-0.3, -0.25) is 5.10 Å². The molecule has 1 aromatic carbocycles. The van der Waals surface area contributed by atoms with Crippen molar-refractivity contribution in [1.82, 2.24) is 10.2 Å². The summed E-state index contributed by atoms with van der Waals surface area (Å²) in [7, 11) is 0. The molecule has 0 bridgehead atoms. The molecule has 0 unspecified atom stereocenters. The summed E-state index contributed by atoms with van der Waals surface area (Å²) in [4.78, 5) is 0. The zero-order chi connectivity index (χ0) is 18.1. The van der Waals surface area contributed by atoms with Crippen LogP contribution in [0.4, 0.5) is 0 Å². The number of hydrogen-bond donors (Lipinski definition) is 3. The van der Waals surface area contributed by atoms with Gasteiger partial charge in [0.1, 0.15) is 24.0 Å². The minimum Gasteiger partial charge on any atom is -0.507 e. The molecule has 2 aliphatic rings. The maximum atomic E-state index is 10.2. The Labute approximate surface area is 154 Å². The van der Waals surface area contributed by atoms with E-state index in [2.05, 4.69) is 16.3 Å². The fourth-order valence-electron chi connectivity index (χ4n) is 2.82. The van der Waals surface area contributed by atoms with Gasteiger partial charge in [0.15, 0.2) is 11.5 Å². The molecule has 26 heavy (non-hydrogen) atoms. The number of allylic oxidation sites excluding steroid dienone is 4. The highest BCUT2D eigenvalue weighted by Gasteiger charge is 2.22. The Morgan fingerprint density at radius 3 is 2.73 bits per heavy atom. The normalized spacial score (nSPS) is 16.3. The van der Waals surface area contributed by atoms with Crippen LogP contribution in [0, 0.1) is 0 Å². The van der Waals surface area contributed by atoms with E-state index in [-0.39, 0.29) is 16.5 Å². The Morgan fingerprint density at radius 2 is 1.92 bits per heavy atom. The van der Waals surface area contributed by atoms with E-state index >= 15 is 0 Å². The van der Waals surface area contributed by atoms with Gasteiger partial charge in [-0.15, -0.1) is 0 Å². The van der Waals surface area contributed by atoms with E-state index in [1.54, 1.807) is 12.5 Å². The van der Waals surface area contributed by atoms with Crippen molar-refractivity contribution >= 4 is 17.4 Å². The predicted octanol–water partition coefficient (Wildman–Crippen LogP) is 4.60. The van der Waals surface area contributed by atoms with Crippen LogP contribution in [-0.4, -0.2) is 20.4 Å². The van der Waals surface area contributed by atoms with E-state index in [1.807, 2.05) is 12.2 Å². The van der Waals surface area contributed by atoms with Crippen LogP contribution in [0.15, 0.2) is 60.4 Å². The van der Waals surface area contributed by atoms with Crippen LogP contribution in [0.2, 0.25) is 5.02 Å². The van der Waals surface area contributed by atoms with Gasteiger partial charge in [-0.25, -0.2) is 0 Å². The Morgan fingerprint density at radius 1 is 1.08 bits per heavy atom. The van der Waals surface area contributed by atoms with Gasteiger partial charge in [0, 0.05) is 11.6 Å². The van der Waals surface area contributed by atoms with E-state index < -0.39 is 0 Å². The fraction of sp³-hybridized carbons (Fsp3) is 0.105. The van der Waals surface area contributed by atoms with Crippen LogP contribution in [0.3, 0.4) is 0 Å². The highest BCUT2D eigenvalue weighted by Crippen LogP contribution is 2.40. The minimum atomic E-state index is -0.201. The lowest BCUT2D eigenvalue weighted by Gasteiger charge is -2.19. The van der Waals surface area contributed by atoms with Gasteiger partial charge >= 0.3 is 0 Å². The Bertz CT molecular complexity index is 985. The topological polar surface area (TPSA) is 87.6 Å². The lowest BCUT2D eigenvalue weighted by atomic mass is 10.0. The molecule has 7 heteroatoms. The summed E-state index contributed by atoms with van der Waals surface area (Å²) in [5.74, 6) is 0.746. The number of benzene rings is 1. The number of aromatic amines is 1. The third-order valence-corrected chi connectivity index (χ3v) is 4.44. The minimum absolute atomic E-state index is 0.118. The SMILES string of the molecule is Oc1cc(O)c(-c2[nH]ncc2C2=COC=C(C3=CC=CCC3)O2)cc1Cl. The first-order valence-corrected chi connectivity index (χ1v) is 8.36. The second kappa shape index (κ2) is 6.65. The van der Waals surface area contributed by atoms with E-state index in [0.717, 1.165) is 18.4 Å². The van der Waals surface area contributed by atoms with Crippen molar-refractivity contribution in [3.8, 4) is 22.8 Å². The maximum absolute atomic E-state index is 10.2. The number of rotatable bonds is 3. The number of aromatic hydroxyl groups is 2. The van der Waals surface area contributed by atoms with Crippen LogP contribution >= 0.6 is 11.6 Å². The lowest BCUT2D eigenvalue weighted by molar-refractivity contribution is 0.285. The van der Waals surface area contributed by atoms with E-state index in [9.17, 15) is 10.2 Å². The molecule has 2 aromatic rings. The lowest BCUT2D eigenvalue weighted by Crippen LogP contribution is -2.03. The van der Waals surface area contributed by atoms with Gasteiger partial charge in [-0.05, 0) is 24.5 Å². The van der Waals surface area contributed by atoms with Gasteiger partial charge in [0.25, 0.3) is 0 Å². The summed E-state index contributed by atoms with van der Waals surface area (Å²) in [5.41, 5.74) is 2.53. The maximum Gasteiger partial charge on any atom is 0.173 e. The molecule has 0 saturated heterocycles. The van der Waals surface area contributed by atoms with Crippen LogP contribution in [0.25, 0.3) is 17.0 Å². The average molecular weight is 371 g/mol. The van der Waals surface area contributed by atoms with Crippen molar-refractivity contribution in [3.63, 3.8) is 0 Å². The molecular weight excluding hydrogens is 356 g/mol. The third-order valence-electron chi connectivity index (χ3n) is 4.14. The van der Waals surface area contributed by atoms with Crippen molar-refractivity contribution < 1.29 is 19.7 Å². The first-order valence-electron chi connectivity index (χ1n) is 7.99. The summed E-state index contributed by atoms with van der Waals surface area (Å²) in [6, 6.07) is 2.64. The largest absolute Gasteiger partial charge is 0.507 e. The Hall–Kier alpha value is -3.12. The smallest absolute Gasteiger partial charge is 0.173 e. The highest BCUT2D eigenvalue weighted by molar-refractivity contribution is 6.32. The van der Waals surface area contributed by atoms with E-state index in [1.165, 1.54) is 18.4 Å². The molecule has 1 aliphatic carbocycles. The van der Waals surface area contributed by atoms with E-state index in [0.29, 0.717) is 28.3 Å². The van der Waals surface area contributed by atoms with Crippen molar-refractivity contribution in [1.29, 1.82) is 0 Å². The number of nitrogens with zero attached hydrogens (tertiary/aromatic N) is 1. The third kappa shape index (κ3) is 2.95. The first-order chi connectivity index (χ1) is 12.6. The summed E-state index contributed by atoms with van der Waals surface area (Å²) in [5, 5.41) is 26.8. The highest BCUT2D eigenvalue weighted by atomic mass is 35.5. The quantitative estimate of drug-likeness (QED) is 0.734. The molecule has 3 N–H and O–H groups in total. The van der Waals surface area contributed by atoms with Gasteiger partial charge in [-0.1, -0.05) is 29.8 Å². The van der Waals surface area contributed by atoms with Crippen LogP contribution in [0.5, 0.6) is 11.5 Å². The molecule has 0 atom stereocenters. The van der Waals surface area contributed by atoms with Crippen LogP contribution < -0.4 is 0 Å². The predicted molar refractivity (Wildman–Crippen MR) is 97.1 cm³/mol. The van der Waals surface area contributed by atoms with Crippen LogP contribution in [-0.2, 0) is 9.47 Å². The fourth-order valence-corrected chi connectivity index (χ4v) is 2.98. The summed E-state index contributed by atoms with van der Waals surface area (Å²) in [6.07, 6.45) is 12.5. The zero-order valence-electron chi connectivity index (χ0n) is 13.6. The average Bonchev–Trinajstić information content (AvgIpc) is 3.15. The van der Waals surface area contributed by atoms with Gasteiger partial charge in [0.2, 0.25) is 0 Å². The molecule has 1 aliphatic heterocycles. The number of phenolic OH excluding ortho intramolecular Hbond substituents is 2. The molecule has 6 nitrogen and oxygen atoms in total. The summed E-state index contributed by atoms with van der Waals surface area (Å²) < 4.78 is 11.4. The second-order valence-corrected chi connectivity index (χ2v) is 6.25. The molecule has 2 heterocycles. The molecule has 0 fully saturated rings. The van der Waals surface area contributed by atoms with Gasteiger partial charge < -0.3 is 19.7 Å². The van der Waals surface area contributed by atoms with Crippen molar-refractivity contribution in [2.75, 3.05) is 0 Å². The van der Waals surface area contributed by atoms with Crippen molar-refractivity contribution in [2.45, 2.75) is 12.8 Å². The monoisotopic (exact) mass is 370 g/mol. The molecule has 132 valence electrons. The van der Waals surface area contributed by atoms with E-state index in [4.69, 9.17) is 21.1 Å². The summed E-state index contributed by atoms with van der Waals surface area (Å²) >= 11 is 5.98.